The Morgan fingerprint density at radius 1 is 1.13 bits per heavy atom. The van der Waals surface area contributed by atoms with Gasteiger partial charge in [-0.3, -0.25) is 4.79 Å². The van der Waals surface area contributed by atoms with Gasteiger partial charge in [0.05, 0.1) is 17.8 Å². The minimum Gasteiger partial charge on any atom is -0.393 e. The van der Waals surface area contributed by atoms with Crippen LogP contribution in [-0.2, 0) is 4.74 Å². The summed E-state index contributed by atoms with van der Waals surface area (Å²) in [6.07, 6.45) is 2.61. The van der Waals surface area contributed by atoms with Crippen LogP contribution in [0.4, 0.5) is 24.9 Å². The van der Waals surface area contributed by atoms with Crippen molar-refractivity contribution < 1.29 is 27.8 Å². The van der Waals surface area contributed by atoms with Gasteiger partial charge in [-0.2, -0.15) is 18.2 Å². The predicted octanol–water partition coefficient (Wildman–Crippen LogP) is 2.98. The molecule has 2 atom stereocenters. The van der Waals surface area contributed by atoms with Crippen LogP contribution in [-0.4, -0.2) is 58.1 Å². The Labute approximate surface area is 179 Å². The van der Waals surface area contributed by atoms with Crippen LogP contribution in [0.25, 0.3) is 0 Å². The van der Waals surface area contributed by atoms with E-state index in [-0.39, 0.29) is 17.6 Å². The molecule has 0 aliphatic heterocycles. The number of amides is 1. The number of primary amides is 1. The van der Waals surface area contributed by atoms with E-state index in [2.05, 4.69) is 20.6 Å². The number of nitrogens with one attached hydrogen (secondary N) is 2. The maximum Gasteiger partial charge on any atom is 0.411 e. The van der Waals surface area contributed by atoms with Crippen molar-refractivity contribution in [3.8, 4) is 0 Å². The van der Waals surface area contributed by atoms with Crippen LogP contribution < -0.4 is 16.4 Å². The van der Waals surface area contributed by atoms with Gasteiger partial charge in [-0.25, -0.2) is 4.98 Å². The topological polar surface area (TPSA) is 122 Å². The van der Waals surface area contributed by atoms with Gasteiger partial charge in [0.15, 0.2) is 0 Å². The summed E-state index contributed by atoms with van der Waals surface area (Å²) in [5, 5.41) is 16.5. The first-order valence-corrected chi connectivity index (χ1v) is 10.8. The van der Waals surface area contributed by atoms with E-state index in [9.17, 15) is 23.1 Å². The number of anilines is 2. The summed E-state index contributed by atoms with van der Waals surface area (Å²) in [4.78, 5) is 20.4. The Bertz CT molecular complexity index is 741. The minimum atomic E-state index is -4.32. The van der Waals surface area contributed by atoms with Crippen LogP contribution in [0.5, 0.6) is 0 Å². The van der Waals surface area contributed by atoms with Crippen LogP contribution in [0.2, 0.25) is 0 Å². The molecule has 31 heavy (non-hydrogen) atoms. The first-order chi connectivity index (χ1) is 14.7. The summed E-state index contributed by atoms with van der Waals surface area (Å²) in [5.41, 5.74) is 5.64. The second-order valence-electron chi connectivity index (χ2n) is 8.38. The van der Waals surface area contributed by atoms with Crippen LogP contribution in [0.3, 0.4) is 0 Å². The van der Waals surface area contributed by atoms with Gasteiger partial charge in [0.2, 0.25) is 5.95 Å². The van der Waals surface area contributed by atoms with Gasteiger partial charge in [-0.1, -0.05) is 12.8 Å². The van der Waals surface area contributed by atoms with E-state index in [0.717, 1.165) is 25.7 Å². The fraction of sp³-hybridized carbons (Fsp3) is 0.750. The van der Waals surface area contributed by atoms with Crippen molar-refractivity contribution in [1.82, 2.24) is 9.97 Å². The van der Waals surface area contributed by atoms with E-state index in [0.29, 0.717) is 43.9 Å². The summed E-state index contributed by atoms with van der Waals surface area (Å²) in [6.45, 7) is -1.22. The highest BCUT2D eigenvalue weighted by molar-refractivity contribution is 5.97. The SMILES string of the molecule is NC(=O)c1cnc(N[C@H]2CC[C@H](OCC(F)(F)F)CC2)nc1N[C@@H]1CCCC[C@H](O)C1. The fourth-order valence-corrected chi connectivity index (χ4v) is 4.17. The van der Waals surface area contributed by atoms with Crippen LogP contribution in [0, 0.1) is 0 Å². The molecule has 5 N–H and O–H groups in total. The van der Waals surface area contributed by atoms with Gasteiger partial charge in [0, 0.05) is 18.3 Å². The third-order valence-electron chi connectivity index (χ3n) is 5.78. The Hall–Kier alpha value is -2.14. The molecule has 0 aromatic carbocycles. The zero-order valence-electron chi connectivity index (χ0n) is 17.3. The molecule has 1 heterocycles. The lowest BCUT2D eigenvalue weighted by molar-refractivity contribution is -0.187. The summed E-state index contributed by atoms with van der Waals surface area (Å²) < 4.78 is 41.9. The maximum atomic E-state index is 12.3. The Morgan fingerprint density at radius 2 is 1.84 bits per heavy atom. The molecule has 0 unspecified atom stereocenters. The number of carbonyl (C=O) groups is 1. The molecule has 11 heteroatoms. The molecule has 1 amide bonds. The average molecular weight is 445 g/mol. The molecule has 2 aliphatic carbocycles. The molecule has 0 radical (unpaired) electrons. The molecular formula is C20H30F3N5O3. The normalized spacial score (nSPS) is 27.4. The molecule has 2 fully saturated rings. The highest BCUT2D eigenvalue weighted by Crippen LogP contribution is 2.27. The van der Waals surface area contributed by atoms with Gasteiger partial charge in [0.1, 0.15) is 12.4 Å². The van der Waals surface area contributed by atoms with Crippen LogP contribution in [0.15, 0.2) is 6.20 Å². The molecule has 1 aromatic heterocycles. The predicted molar refractivity (Wildman–Crippen MR) is 109 cm³/mol. The lowest BCUT2D eigenvalue weighted by atomic mass is 9.93. The lowest BCUT2D eigenvalue weighted by Gasteiger charge is -2.29. The standard InChI is InChI=1S/C20H30F3N5O3/c21-20(22,23)11-31-15-7-5-12(6-8-15)27-19-25-10-16(17(24)30)18(28-19)26-13-3-1-2-4-14(29)9-13/h10,12-15,29H,1-9,11H2,(H2,24,30)(H2,25,26,27,28)/t12-,13-,14+,15-/m1/s1. The molecule has 1 aromatic rings. The molecule has 174 valence electrons. The Morgan fingerprint density at radius 3 is 2.52 bits per heavy atom. The summed E-state index contributed by atoms with van der Waals surface area (Å²) >= 11 is 0. The highest BCUT2D eigenvalue weighted by Gasteiger charge is 2.31. The van der Waals surface area contributed by atoms with E-state index in [1.54, 1.807) is 0 Å². The molecule has 0 saturated heterocycles. The fourth-order valence-electron chi connectivity index (χ4n) is 4.17. The molecule has 8 nitrogen and oxygen atoms in total. The summed E-state index contributed by atoms with van der Waals surface area (Å²) in [5.74, 6) is -0.00170. The number of nitrogens with zero attached hydrogens (tertiary/aromatic N) is 2. The zero-order chi connectivity index (χ0) is 22.4. The van der Waals surface area contributed by atoms with Crippen molar-refractivity contribution in [2.45, 2.75) is 88.3 Å². The Kier molecular flexibility index (Phi) is 7.93. The number of halogens is 3. The quantitative estimate of drug-likeness (QED) is 0.476. The van der Waals surface area contributed by atoms with Gasteiger partial charge < -0.3 is 26.2 Å². The Balaban J connectivity index is 1.59. The molecule has 0 bridgehead atoms. The third kappa shape index (κ3) is 7.49. The largest absolute Gasteiger partial charge is 0.411 e. The number of aliphatic hydroxyl groups is 1. The van der Waals surface area contributed by atoms with Crippen molar-refractivity contribution in [2.24, 2.45) is 5.73 Å². The number of aliphatic hydroxyl groups excluding tert-OH is 1. The van der Waals surface area contributed by atoms with Gasteiger partial charge in [-0.15, -0.1) is 0 Å². The number of hydrogen-bond acceptors (Lipinski definition) is 7. The molecule has 2 saturated carbocycles. The molecular weight excluding hydrogens is 415 g/mol. The second kappa shape index (κ2) is 10.4. The number of carbonyl (C=O) groups excluding carboxylic acids is 1. The number of nitrogens with two attached hydrogens (primary N) is 1. The monoisotopic (exact) mass is 445 g/mol. The van der Waals surface area contributed by atoms with Crippen LogP contribution >= 0.6 is 0 Å². The summed E-state index contributed by atoms with van der Waals surface area (Å²) in [6, 6.07) is -0.0303. The maximum absolute atomic E-state index is 12.3. The highest BCUT2D eigenvalue weighted by atomic mass is 19.4. The average Bonchev–Trinajstić information content (AvgIpc) is 2.90. The van der Waals surface area contributed by atoms with Crippen molar-refractivity contribution in [2.75, 3.05) is 17.2 Å². The van der Waals surface area contributed by atoms with Crippen molar-refractivity contribution in [3.05, 3.63) is 11.8 Å². The van der Waals surface area contributed by atoms with Crippen molar-refractivity contribution in [3.63, 3.8) is 0 Å². The number of ether oxygens (including phenoxy) is 1. The number of aromatic nitrogens is 2. The smallest absolute Gasteiger partial charge is 0.393 e. The van der Waals surface area contributed by atoms with Crippen molar-refractivity contribution >= 4 is 17.7 Å². The molecule has 2 aliphatic rings. The molecule has 3 rings (SSSR count). The second-order valence-corrected chi connectivity index (χ2v) is 8.38. The van der Waals surface area contributed by atoms with E-state index in [1.165, 1.54) is 6.20 Å². The molecule has 0 spiro atoms. The van der Waals surface area contributed by atoms with E-state index in [4.69, 9.17) is 10.5 Å². The number of rotatable bonds is 7. The lowest BCUT2D eigenvalue weighted by Crippen LogP contribution is -2.32. The zero-order valence-corrected chi connectivity index (χ0v) is 17.3. The first kappa shape index (κ1) is 23.5. The van der Waals surface area contributed by atoms with E-state index in [1.807, 2.05) is 0 Å². The van der Waals surface area contributed by atoms with Crippen LogP contribution in [0.1, 0.15) is 68.1 Å². The first-order valence-electron chi connectivity index (χ1n) is 10.8. The van der Waals surface area contributed by atoms with Gasteiger partial charge in [0.25, 0.3) is 5.91 Å². The van der Waals surface area contributed by atoms with Gasteiger partial charge >= 0.3 is 6.18 Å². The number of hydrogen-bond donors (Lipinski definition) is 4. The van der Waals surface area contributed by atoms with E-state index >= 15 is 0 Å². The van der Waals surface area contributed by atoms with Gasteiger partial charge in [-0.05, 0) is 44.9 Å². The number of alkyl halides is 3. The van der Waals surface area contributed by atoms with E-state index < -0.39 is 30.9 Å². The third-order valence-corrected chi connectivity index (χ3v) is 5.78. The van der Waals surface area contributed by atoms with Crippen molar-refractivity contribution in [1.29, 1.82) is 0 Å². The summed E-state index contributed by atoms with van der Waals surface area (Å²) in [7, 11) is 0. The minimum absolute atomic E-state index is 0.00211.